The Balaban J connectivity index is 1.36. The Kier molecular flexibility index (Phi) is 8.67. The summed E-state index contributed by atoms with van der Waals surface area (Å²) in [5, 5.41) is 9.68. The van der Waals surface area contributed by atoms with Gasteiger partial charge in [0.05, 0.1) is 18.3 Å². The van der Waals surface area contributed by atoms with Gasteiger partial charge in [-0.05, 0) is 87.3 Å². The van der Waals surface area contributed by atoms with Crippen LogP contribution in [0.5, 0.6) is 0 Å². The fourth-order valence-corrected chi connectivity index (χ4v) is 5.37. The van der Waals surface area contributed by atoms with Gasteiger partial charge in [0.1, 0.15) is 6.10 Å². The number of carbonyl (C=O) groups excluding carboxylic acids is 1. The summed E-state index contributed by atoms with van der Waals surface area (Å²) in [6, 6.07) is 5.80. The van der Waals surface area contributed by atoms with Gasteiger partial charge < -0.3 is 14.6 Å². The van der Waals surface area contributed by atoms with Crippen molar-refractivity contribution in [3.05, 3.63) is 69.8 Å². The highest BCUT2D eigenvalue weighted by Gasteiger charge is 2.31. The summed E-state index contributed by atoms with van der Waals surface area (Å²) in [7, 11) is 0. The number of aliphatic hydroxyl groups is 1. The van der Waals surface area contributed by atoms with Crippen molar-refractivity contribution in [3.63, 3.8) is 0 Å². The van der Waals surface area contributed by atoms with Crippen LogP contribution < -0.4 is 0 Å². The molecule has 0 aliphatic heterocycles. The lowest BCUT2D eigenvalue weighted by molar-refractivity contribution is 0.0187. The Morgan fingerprint density at radius 2 is 1.36 bits per heavy atom. The number of ether oxygens (including phenoxy) is 2. The van der Waals surface area contributed by atoms with Gasteiger partial charge in [-0.1, -0.05) is 18.2 Å². The van der Waals surface area contributed by atoms with E-state index in [2.05, 4.69) is 0 Å². The Morgan fingerprint density at radius 3 is 1.92 bits per heavy atom. The molecule has 0 radical (unpaired) electrons. The van der Waals surface area contributed by atoms with Gasteiger partial charge in [0, 0.05) is 12.2 Å². The van der Waals surface area contributed by atoms with E-state index in [1.165, 1.54) is 12.1 Å². The zero-order valence-electron chi connectivity index (χ0n) is 20.4. The molecule has 0 spiro atoms. The Hall–Kier alpha value is -2.45. The van der Waals surface area contributed by atoms with Gasteiger partial charge in [0.15, 0.2) is 23.3 Å². The molecule has 4 rings (SSSR count). The first-order valence-electron chi connectivity index (χ1n) is 12.7. The summed E-state index contributed by atoms with van der Waals surface area (Å²) in [5.41, 5.74) is 0.226. The number of halogens is 4. The van der Waals surface area contributed by atoms with Gasteiger partial charge >= 0.3 is 5.97 Å². The van der Waals surface area contributed by atoms with Crippen molar-refractivity contribution < 1.29 is 36.9 Å². The normalized spacial score (nSPS) is 24.5. The molecule has 2 aromatic rings. The average molecular weight is 509 g/mol. The van der Waals surface area contributed by atoms with Gasteiger partial charge in [0.25, 0.3) is 0 Å². The first-order valence-corrected chi connectivity index (χ1v) is 12.7. The van der Waals surface area contributed by atoms with Crippen LogP contribution in [0.25, 0.3) is 0 Å². The van der Waals surface area contributed by atoms with Crippen LogP contribution in [0, 0.1) is 23.3 Å². The molecule has 0 unspecified atom stereocenters. The zero-order valence-corrected chi connectivity index (χ0v) is 20.4. The quantitative estimate of drug-likeness (QED) is 0.335. The number of carbonyl (C=O) groups is 1. The Morgan fingerprint density at radius 1 is 0.806 bits per heavy atom. The van der Waals surface area contributed by atoms with Gasteiger partial charge in [0.2, 0.25) is 0 Å². The van der Waals surface area contributed by atoms with Crippen molar-refractivity contribution in [3.8, 4) is 0 Å². The minimum Gasteiger partial charge on any atom is -0.459 e. The van der Waals surface area contributed by atoms with Crippen molar-refractivity contribution in [1.29, 1.82) is 0 Å². The van der Waals surface area contributed by atoms with E-state index in [9.17, 15) is 23.1 Å². The summed E-state index contributed by atoms with van der Waals surface area (Å²) < 4.78 is 69.1. The standard InChI is InChI=1S/C28H32F4O4/c1-2-35-15-18-7-12-23(27(32)24(18)29)28(34)36-20-10-5-17(6-11-20)22-14-13-21(25(30)26(22)31)16-3-8-19(33)9-4-16/h7,12-14,16-17,19-20,33H,2-6,8-11,15H2,1H3. The van der Waals surface area contributed by atoms with Crippen molar-refractivity contribution in [2.75, 3.05) is 6.61 Å². The molecule has 0 bridgehead atoms. The molecule has 2 aliphatic rings. The molecule has 2 fully saturated rings. The fourth-order valence-electron chi connectivity index (χ4n) is 5.37. The highest BCUT2D eigenvalue weighted by atomic mass is 19.2. The number of rotatable bonds is 7. The van der Waals surface area contributed by atoms with Crippen LogP contribution in [0.15, 0.2) is 24.3 Å². The summed E-state index contributed by atoms with van der Waals surface area (Å²) in [6.45, 7) is 1.99. The van der Waals surface area contributed by atoms with E-state index < -0.39 is 40.9 Å². The molecule has 196 valence electrons. The molecular weight excluding hydrogens is 476 g/mol. The predicted molar refractivity (Wildman–Crippen MR) is 126 cm³/mol. The first kappa shape index (κ1) is 26.6. The molecular formula is C28H32F4O4. The monoisotopic (exact) mass is 508 g/mol. The maximum Gasteiger partial charge on any atom is 0.341 e. The molecule has 0 aromatic heterocycles. The highest BCUT2D eigenvalue weighted by Crippen LogP contribution is 2.40. The number of hydrogen-bond donors (Lipinski definition) is 1. The zero-order chi connectivity index (χ0) is 25.8. The lowest BCUT2D eigenvalue weighted by Gasteiger charge is -2.30. The number of hydrogen-bond acceptors (Lipinski definition) is 4. The van der Waals surface area contributed by atoms with E-state index >= 15 is 4.39 Å². The second-order valence-electron chi connectivity index (χ2n) is 9.79. The third-order valence-corrected chi connectivity index (χ3v) is 7.51. The van der Waals surface area contributed by atoms with E-state index in [4.69, 9.17) is 9.47 Å². The smallest absolute Gasteiger partial charge is 0.341 e. The Bertz CT molecular complexity index is 1070. The van der Waals surface area contributed by atoms with Crippen LogP contribution in [0.2, 0.25) is 0 Å². The van der Waals surface area contributed by atoms with Gasteiger partial charge in [-0.15, -0.1) is 0 Å². The Labute approximate surface area is 208 Å². The summed E-state index contributed by atoms with van der Waals surface area (Å²) in [4.78, 5) is 12.5. The van der Waals surface area contributed by atoms with Crippen LogP contribution >= 0.6 is 0 Å². The molecule has 2 aliphatic carbocycles. The van der Waals surface area contributed by atoms with Crippen molar-refractivity contribution >= 4 is 5.97 Å². The number of aliphatic hydroxyl groups excluding tert-OH is 1. The first-order chi connectivity index (χ1) is 17.3. The molecule has 0 atom stereocenters. The van der Waals surface area contributed by atoms with Crippen molar-refractivity contribution in [1.82, 2.24) is 0 Å². The van der Waals surface area contributed by atoms with Gasteiger partial charge in [-0.3, -0.25) is 0 Å². The lowest BCUT2D eigenvalue weighted by atomic mass is 9.79. The third-order valence-electron chi connectivity index (χ3n) is 7.51. The minimum absolute atomic E-state index is 0.0211. The summed E-state index contributed by atoms with van der Waals surface area (Å²) >= 11 is 0. The average Bonchev–Trinajstić information content (AvgIpc) is 2.88. The van der Waals surface area contributed by atoms with Crippen LogP contribution in [-0.2, 0) is 16.1 Å². The largest absolute Gasteiger partial charge is 0.459 e. The summed E-state index contributed by atoms with van der Waals surface area (Å²) in [5.74, 6) is -5.30. The van der Waals surface area contributed by atoms with E-state index in [1.54, 1.807) is 19.1 Å². The molecule has 1 N–H and O–H groups in total. The van der Waals surface area contributed by atoms with Gasteiger partial charge in [-0.2, -0.15) is 0 Å². The molecule has 4 nitrogen and oxygen atoms in total. The molecule has 36 heavy (non-hydrogen) atoms. The molecule has 2 saturated carbocycles. The summed E-state index contributed by atoms with van der Waals surface area (Å²) in [6.07, 6.45) is 3.33. The van der Waals surface area contributed by atoms with Crippen LogP contribution in [0.3, 0.4) is 0 Å². The van der Waals surface area contributed by atoms with Gasteiger partial charge in [-0.25, -0.2) is 22.4 Å². The minimum atomic E-state index is -1.27. The molecule has 0 heterocycles. The lowest BCUT2D eigenvalue weighted by Crippen LogP contribution is -2.25. The predicted octanol–water partition coefficient (Wildman–Crippen LogP) is 6.68. The fraction of sp³-hybridized carbons (Fsp3) is 0.536. The molecule has 0 saturated heterocycles. The van der Waals surface area contributed by atoms with Crippen LogP contribution in [0.4, 0.5) is 17.6 Å². The van der Waals surface area contributed by atoms with E-state index in [0.717, 1.165) is 0 Å². The molecule has 2 aromatic carbocycles. The molecule has 0 amide bonds. The third kappa shape index (κ3) is 5.75. The topological polar surface area (TPSA) is 55.8 Å². The highest BCUT2D eigenvalue weighted by molar-refractivity contribution is 5.90. The number of benzene rings is 2. The van der Waals surface area contributed by atoms with Crippen LogP contribution in [0.1, 0.15) is 97.2 Å². The van der Waals surface area contributed by atoms with E-state index in [0.29, 0.717) is 69.1 Å². The SMILES string of the molecule is CCOCc1ccc(C(=O)OC2CCC(c3ccc(C4CCC(O)CC4)c(F)c3F)CC2)c(F)c1F. The maximum absolute atomic E-state index is 15.0. The second-order valence-corrected chi connectivity index (χ2v) is 9.79. The van der Waals surface area contributed by atoms with E-state index in [-0.39, 0.29) is 30.1 Å². The molecule has 8 heteroatoms. The van der Waals surface area contributed by atoms with Crippen molar-refractivity contribution in [2.45, 2.75) is 88.9 Å². The number of esters is 1. The maximum atomic E-state index is 15.0. The second kappa shape index (κ2) is 11.7. The van der Waals surface area contributed by atoms with Crippen molar-refractivity contribution in [2.24, 2.45) is 0 Å². The van der Waals surface area contributed by atoms with E-state index in [1.807, 2.05) is 0 Å². The van der Waals surface area contributed by atoms with Crippen LogP contribution in [-0.4, -0.2) is 29.9 Å².